The summed E-state index contributed by atoms with van der Waals surface area (Å²) >= 11 is 5.64. The average Bonchev–Trinajstić information content (AvgIpc) is 2.14. The van der Waals surface area contributed by atoms with Gasteiger partial charge in [0.15, 0.2) is 5.43 Å². The molecule has 0 saturated heterocycles. The maximum atomic E-state index is 11.5. The molecule has 82 valence electrons. The van der Waals surface area contributed by atoms with Crippen LogP contribution >= 0.6 is 11.6 Å². The minimum atomic E-state index is -0.274. The van der Waals surface area contributed by atoms with Crippen LogP contribution in [0.15, 0.2) is 10.9 Å². The number of methoxy groups -OCH3 is 1. The molecule has 0 radical (unpaired) electrons. The van der Waals surface area contributed by atoms with Gasteiger partial charge in [0, 0.05) is 13.0 Å². The molecule has 5 nitrogen and oxygen atoms in total. The second-order valence-corrected chi connectivity index (χ2v) is 3.31. The molecule has 0 aliphatic heterocycles. The molecule has 1 aromatic heterocycles. The summed E-state index contributed by atoms with van der Waals surface area (Å²) in [6, 6.07) is 1.24. The highest BCUT2D eigenvalue weighted by Crippen LogP contribution is 2.13. The number of carbonyl (C=O) groups excluding carboxylic acids is 1. The van der Waals surface area contributed by atoms with Crippen LogP contribution in [0.3, 0.4) is 0 Å². The van der Waals surface area contributed by atoms with E-state index in [1.165, 1.54) is 20.1 Å². The largest absolute Gasteiger partial charge is 0.482 e. The number of hydrogen-bond acceptors (Lipinski definition) is 3. The molecule has 1 aromatic rings. The van der Waals surface area contributed by atoms with E-state index in [0.29, 0.717) is 5.56 Å². The summed E-state index contributed by atoms with van der Waals surface area (Å²) in [5, 5.41) is 2.71. The summed E-state index contributed by atoms with van der Waals surface area (Å²) in [6.45, 7) is 1.49. The van der Waals surface area contributed by atoms with Crippen molar-refractivity contribution in [3.05, 3.63) is 27.0 Å². The number of carbonyl (C=O) groups is 1. The summed E-state index contributed by atoms with van der Waals surface area (Å²) < 4.78 is 4.95. The smallest absolute Gasteiger partial charge is 0.217 e. The van der Waals surface area contributed by atoms with Crippen molar-refractivity contribution >= 4 is 17.5 Å². The fourth-order valence-corrected chi connectivity index (χ4v) is 1.27. The lowest BCUT2D eigenvalue weighted by Gasteiger charge is -2.08. The zero-order valence-corrected chi connectivity index (χ0v) is 9.14. The van der Waals surface area contributed by atoms with E-state index in [4.69, 9.17) is 16.3 Å². The zero-order chi connectivity index (χ0) is 11.4. The monoisotopic (exact) mass is 230 g/mol. The van der Waals surface area contributed by atoms with Gasteiger partial charge in [0.05, 0.1) is 19.2 Å². The first-order valence-electron chi connectivity index (χ1n) is 4.24. The third kappa shape index (κ3) is 2.99. The maximum absolute atomic E-state index is 11.5. The Morgan fingerprint density at radius 1 is 1.67 bits per heavy atom. The van der Waals surface area contributed by atoms with Crippen LogP contribution in [0.4, 0.5) is 0 Å². The van der Waals surface area contributed by atoms with E-state index in [1.807, 2.05) is 0 Å². The summed E-state index contributed by atoms with van der Waals surface area (Å²) in [5.74, 6) is 0.0488. The Labute approximate surface area is 91.4 Å². The minimum Gasteiger partial charge on any atom is -0.482 e. The van der Waals surface area contributed by atoms with Crippen molar-refractivity contribution in [2.75, 3.05) is 7.11 Å². The maximum Gasteiger partial charge on any atom is 0.217 e. The van der Waals surface area contributed by atoms with E-state index in [0.717, 1.165) is 0 Å². The Balaban J connectivity index is 3.04. The van der Waals surface area contributed by atoms with Crippen LogP contribution in [0.2, 0.25) is 5.15 Å². The molecule has 0 aliphatic carbocycles. The molecule has 0 atom stereocenters. The van der Waals surface area contributed by atoms with Crippen LogP contribution in [0.25, 0.3) is 0 Å². The fraction of sp³-hybridized carbons (Fsp3) is 0.333. The van der Waals surface area contributed by atoms with Crippen molar-refractivity contribution in [3.63, 3.8) is 0 Å². The molecule has 6 heteroatoms. The number of ether oxygens (including phenoxy) is 1. The Morgan fingerprint density at radius 3 is 2.87 bits per heavy atom. The van der Waals surface area contributed by atoms with Crippen LogP contribution in [-0.2, 0) is 11.3 Å². The molecule has 2 N–H and O–H groups in total. The Morgan fingerprint density at radius 2 is 2.33 bits per heavy atom. The summed E-state index contributed by atoms with van der Waals surface area (Å²) in [7, 11) is 1.42. The molecule has 0 spiro atoms. The van der Waals surface area contributed by atoms with Crippen LogP contribution in [0.5, 0.6) is 5.88 Å². The van der Waals surface area contributed by atoms with Crippen molar-refractivity contribution in [3.8, 4) is 5.88 Å². The second kappa shape index (κ2) is 4.84. The van der Waals surface area contributed by atoms with E-state index >= 15 is 0 Å². The number of hydrogen-bond donors (Lipinski definition) is 2. The summed E-state index contributed by atoms with van der Waals surface area (Å²) in [5.41, 5.74) is 0.0708. The van der Waals surface area contributed by atoms with Crippen molar-refractivity contribution < 1.29 is 9.53 Å². The molecule has 0 bridgehead atoms. The van der Waals surface area contributed by atoms with Crippen LogP contribution in [0.1, 0.15) is 12.5 Å². The molecule has 0 aliphatic rings. The Hall–Kier alpha value is -1.49. The van der Waals surface area contributed by atoms with Crippen molar-refractivity contribution in [1.82, 2.24) is 10.3 Å². The highest BCUT2D eigenvalue weighted by Gasteiger charge is 2.09. The normalized spacial score (nSPS) is 9.80. The number of aromatic amines is 1. The first kappa shape index (κ1) is 11.6. The number of amides is 1. The average molecular weight is 231 g/mol. The van der Waals surface area contributed by atoms with Crippen LogP contribution in [-0.4, -0.2) is 18.0 Å². The van der Waals surface area contributed by atoms with Gasteiger partial charge in [-0.2, -0.15) is 0 Å². The van der Waals surface area contributed by atoms with Crippen molar-refractivity contribution in [2.24, 2.45) is 0 Å². The Kier molecular flexibility index (Phi) is 3.74. The number of halogens is 1. The Bertz CT molecular complexity index is 428. The SMILES string of the molecule is COc1[nH]c(Cl)cc(=O)c1CNC(C)=O. The predicted molar refractivity (Wildman–Crippen MR) is 56.1 cm³/mol. The van der Waals surface area contributed by atoms with Crippen LogP contribution < -0.4 is 15.5 Å². The van der Waals surface area contributed by atoms with E-state index < -0.39 is 0 Å². The van der Waals surface area contributed by atoms with Gasteiger partial charge < -0.3 is 15.0 Å². The molecule has 15 heavy (non-hydrogen) atoms. The number of rotatable bonds is 3. The molecule has 0 unspecified atom stereocenters. The molecule has 1 heterocycles. The van der Waals surface area contributed by atoms with E-state index in [-0.39, 0.29) is 28.9 Å². The first-order chi connectivity index (χ1) is 7.04. The molecule has 1 rings (SSSR count). The zero-order valence-electron chi connectivity index (χ0n) is 8.39. The lowest BCUT2D eigenvalue weighted by Crippen LogP contribution is -2.24. The van der Waals surface area contributed by atoms with Crippen LogP contribution in [0, 0.1) is 0 Å². The molecular weight excluding hydrogens is 220 g/mol. The van der Waals surface area contributed by atoms with Gasteiger partial charge in [-0.05, 0) is 0 Å². The topological polar surface area (TPSA) is 71.2 Å². The number of H-pyrrole nitrogens is 1. The molecule has 0 fully saturated rings. The quantitative estimate of drug-likeness (QED) is 0.750. The molecule has 0 saturated carbocycles. The summed E-state index contributed by atoms with van der Waals surface area (Å²) in [4.78, 5) is 24.9. The highest BCUT2D eigenvalue weighted by atomic mass is 35.5. The number of nitrogens with one attached hydrogen (secondary N) is 2. The predicted octanol–water partition coefficient (Wildman–Crippen LogP) is 0.673. The summed E-state index contributed by atoms with van der Waals surface area (Å²) in [6.07, 6.45) is 0. The molecular formula is C9H11ClN2O3. The minimum absolute atomic E-state index is 0.116. The van der Waals surface area contributed by atoms with Crippen molar-refractivity contribution in [2.45, 2.75) is 13.5 Å². The van der Waals surface area contributed by atoms with Gasteiger partial charge in [-0.25, -0.2) is 0 Å². The fourth-order valence-electron chi connectivity index (χ4n) is 1.09. The third-order valence-electron chi connectivity index (χ3n) is 1.78. The van der Waals surface area contributed by atoms with Gasteiger partial charge in [0.25, 0.3) is 0 Å². The lowest BCUT2D eigenvalue weighted by atomic mass is 10.2. The van der Waals surface area contributed by atoms with Gasteiger partial charge in [0.2, 0.25) is 11.8 Å². The van der Waals surface area contributed by atoms with Gasteiger partial charge in [0.1, 0.15) is 5.15 Å². The lowest BCUT2D eigenvalue weighted by molar-refractivity contribution is -0.119. The first-order valence-corrected chi connectivity index (χ1v) is 4.62. The van der Waals surface area contributed by atoms with E-state index in [1.54, 1.807) is 0 Å². The van der Waals surface area contributed by atoms with Gasteiger partial charge >= 0.3 is 0 Å². The standard InChI is InChI=1S/C9H11ClN2O3/c1-5(13)11-4-6-7(14)3-8(10)12-9(6)15-2/h3H,4H2,1-2H3,(H,11,13)(H,12,14). The number of aromatic nitrogens is 1. The van der Waals surface area contributed by atoms with Crippen molar-refractivity contribution in [1.29, 1.82) is 0 Å². The van der Waals surface area contributed by atoms with Gasteiger partial charge in [-0.3, -0.25) is 9.59 Å². The number of pyridine rings is 1. The highest BCUT2D eigenvalue weighted by molar-refractivity contribution is 6.29. The molecule has 1 amide bonds. The van der Waals surface area contributed by atoms with Gasteiger partial charge in [-0.15, -0.1) is 0 Å². The van der Waals surface area contributed by atoms with E-state index in [9.17, 15) is 9.59 Å². The second-order valence-electron chi connectivity index (χ2n) is 2.90. The van der Waals surface area contributed by atoms with Gasteiger partial charge in [-0.1, -0.05) is 11.6 Å². The third-order valence-corrected chi connectivity index (χ3v) is 1.98. The molecule has 0 aromatic carbocycles. The van der Waals surface area contributed by atoms with E-state index in [2.05, 4.69) is 10.3 Å².